The highest BCUT2D eigenvalue weighted by Gasteiger charge is 2.17. The third kappa shape index (κ3) is 5.63. The molecule has 25 heavy (non-hydrogen) atoms. The maximum absolute atomic E-state index is 14.3. The van der Waals surface area contributed by atoms with E-state index in [1.54, 1.807) is 26.8 Å². The molecule has 2 rings (SSSR count). The molecule has 0 unspecified atom stereocenters. The van der Waals surface area contributed by atoms with E-state index < -0.39 is 23.3 Å². The van der Waals surface area contributed by atoms with Gasteiger partial charge in [-0.05, 0) is 63.2 Å². The Morgan fingerprint density at radius 3 is 2.32 bits per heavy atom. The van der Waals surface area contributed by atoms with Gasteiger partial charge in [0.1, 0.15) is 22.9 Å². The van der Waals surface area contributed by atoms with Crippen LogP contribution in [0.5, 0.6) is 0 Å². The quantitative estimate of drug-likeness (QED) is 0.571. The number of hydrogen-bond acceptors (Lipinski definition) is 3. The first-order valence-corrected chi connectivity index (χ1v) is 8.23. The van der Waals surface area contributed by atoms with Gasteiger partial charge >= 0.3 is 6.09 Å². The SMILES string of the molecule is CC(C)(C)OC(=O)N/N=C(/c1ccc(F)cc1)c1ccc(Br)cc1F. The summed E-state index contributed by atoms with van der Waals surface area (Å²) in [5.74, 6) is -0.970. The van der Waals surface area contributed by atoms with Crippen LogP contribution in [0.25, 0.3) is 0 Å². The zero-order valence-electron chi connectivity index (χ0n) is 13.9. The van der Waals surface area contributed by atoms with Gasteiger partial charge in [0.15, 0.2) is 0 Å². The number of carbonyl (C=O) groups excluding carboxylic acids is 1. The van der Waals surface area contributed by atoms with Crippen LogP contribution in [0.4, 0.5) is 13.6 Å². The topological polar surface area (TPSA) is 50.7 Å². The van der Waals surface area contributed by atoms with Crippen LogP contribution < -0.4 is 5.43 Å². The lowest BCUT2D eigenvalue weighted by Gasteiger charge is -2.18. The van der Waals surface area contributed by atoms with Gasteiger partial charge in [0.25, 0.3) is 0 Å². The minimum absolute atomic E-state index is 0.149. The molecule has 0 aliphatic heterocycles. The van der Waals surface area contributed by atoms with E-state index in [0.717, 1.165) is 0 Å². The molecule has 0 spiro atoms. The number of nitrogens with one attached hydrogen (secondary N) is 1. The Kier molecular flexibility index (Phi) is 5.89. The molecule has 0 aliphatic carbocycles. The van der Waals surface area contributed by atoms with Crippen molar-refractivity contribution in [2.45, 2.75) is 26.4 Å². The van der Waals surface area contributed by atoms with Gasteiger partial charge < -0.3 is 4.74 Å². The fraction of sp³-hybridized carbons (Fsp3) is 0.222. The lowest BCUT2D eigenvalue weighted by atomic mass is 10.0. The van der Waals surface area contributed by atoms with E-state index in [4.69, 9.17) is 4.74 Å². The highest BCUT2D eigenvalue weighted by Crippen LogP contribution is 2.19. The smallest absolute Gasteiger partial charge is 0.428 e. The Balaban J connectivity index is 2.40. The molecular weight excluding hydrogens is 394 g/mol. The minimum Gasteiger partial charge on any atom is -0.443 e. The molecule has 7 heteroatoms. The molecule has 0 radical (unpaired) electrons. The summed E-state index contributed by atoms with van der Waals surface area (Å²) >= 11 is 3.19. The predicted molar refractivity (Wildman–Crippen MR) is 95.5 cm³/mol. The lowest BCUT2D eigenvalue weighted by molar-refractivity contribution is 0.0529. The molecule has 0 fully saturated rings. The molecule has 0 atom stereocenters. The third-order valence-corrected chi connectivity index (χ3v) is 3.46. The van der Waals surface area contributed by atoms with E-state index in [-0.39, 0.29) is 11.3 Å². The number of nitrogens with zero attached hydrogens (tertiary/aromatic N) is 1. The first-order chi connectivity index (χ1) is 11.7. The average Bonchev–Trinajstić information content (AvgIpc) is 2.49. The fourth-order valence-corrected chi connectivity index (χ4v) is 2.31. The fourth-order valence-electron chi connectivity index (χ4n) is 1.97. The highest BCUT2D eigenvalue weighted by atomic mass is 79.9. The number of rotatable bonds is 3. The molecule has 0 saturated carbocycles. The number of halogens is 3. The number of ether oxygens (including phenoxy) is 1. The van der Waals surface area contributed by atoms with Gasteiger partial charge in [0, 0.05) is 15.6 Å². The lowest BCUT2D eigenvalue weighted by Crippen LogP contribution is -2.30. The summed E-state index contributed by atoms with van der Waals surface area (Å²) in [6, 6.07) is 9.80. The van der Waals surface area contributed by atoms with E-state index in [0.29, 0.717) is 10.0 Å². The molecule has 2 aromatic rings. The maximum atomic E-state index is 14.3. The summed E-state index contributed by atoms with van der Waals surface area (Å²) in [5.41, 5.74) is 2.30. The van der Waals surface area contributed by atoms with Crippen molar-refractivity contribution >= 4 is 27.7 Å². The van der Waals surface area contributed by atoms with Gasteiger partial charge in [-0.2, -0.15) is 5.10 Å². The molecule has 0 aromatic heterocycles. The van der Waals surface area contributed by atoms with E-state index >= 15 is 0 Å². The maximum Gasteiger partial charge on any atom is 0.428 e. The van der Waals surface area contributed by atoms with Crippen molar-refractivity contribution in [3.63, 3.8) is 0 Å². The van der Waals surface area contributed by atoms with Crippen LogP contribution >= 0.6 is 15.9 Å². The molecule has 132 valence electrons. The molecular formula is C18H17BrF2N2O2. The Hall–Kier alpha value is -2.28. The molecule has 0 aliphatic rings. The van der Waals surface area contributed by atoms with Crippen LogP contribution in [-0.2, 0) is 4.74 Å². The highest BCUT2D eigenvalue weighted by molar-refractivity contribution is 9.10. The van der Waals surface area contributed by atoms with E-state index in [2.05, 4.69) is 26.5 Å². The second kappa shape index (κ2) is 7.74. The van der Waals surface area contributed by atoms with E-state index in [1.165, 1.54) is 36.4 Å². The number of carbonyl (C=O) groups is 1. The van der Waals surface area contributed by atoms with Crippen LogP contribution in [0.1, 0.15) is 31.9 Å². The summed E-state index contributed by atoms with van der Waals surface area (Å²) in [7, 11) is 0. The van der Waals surface area contributed by atoms with Gasteiger partial charge in [-0.1, -0.05) is 15.9 Å². The number of hydrogen-bond donors (Lipinski definition) is 1. The van der Waals surface area contributed by atoms with Crippen molar-refractivity contribution < 1.29 is 18.3 Å². The first kappa shape index (κ1) is 19.1. The van der Waals surface area contributed by atoms with Gasteiger partial charge in [0.05, 0.1) is 0 Å². The van der Waals surface area contributed by atoms with Gasteiger partial charge in [-0.15, -0.1) is 0 Å². The van der Waals surface area contributed by atoms with Crippen LogP contribution in [-0.4, -0.2) is 17.4 Å². The molecule has 2 aromatic carbocycles. The van der Waals surface area contributed by atoms with Crippen LogP contribution in [0, 0.1) is 11.6 Å². The summed E-state index contributed by atoms with van der Waals surface area (Å²) in [6.45, 7) is 5.14. The molecule has 1 amide bonds. The van der Waals surface area contributed by atoms with Crippen LogP contribution in [0.3, 0.4) is 0 Å². The summed E-state index contributed by atoms with van der Waals surface area (Å²) < 4.78 is 33.2. The Bertz CT molecular complexity index is 800. The van der Waals surface area contributed by atoms with Gasteiger partial charge in [-0.3, -0.25) is 0 Å². The van der Waals surface area contributed by atoms with Crippen molar-refractivity contribution in [1.29, 1.82) is 0 Å². The van der Waals surface area contributed by atoms with Gasteiger partial charge in [-0.25, -0.2) is 19.0 Å². The largest absolute Gasteiger partial charge is 0.443 e. The third-order valence-electron chi connectivity index (χ3n) is 2.96. The van der Waals surface area contributed by atoms with Gasteiger partial charge in [0.2, 0.25) is 0 Å². The predicted octanol–water partition coefficient (Wildman–Crippen LogP) is 5.00. The Morgan fingerprint density at radius 1 is 1.12 bits per heavy atom. The molecule has 0 heterocycles. The second-order valence-corrected chi connectivity index (χ2v) is 7.12. The van der Waals surface area contributed by atoms with E-state index in [1.807, 2.05) is 0 Å². The Morgan fingerprint density at radius 2 is 1.76 bits per heavy atom. The minimum atomic E-state index is -0.773. The number of benzene rings is 2. The van der Waals surface area contributed by atoms with Crippen LogP contribution in [0.2, 0.25) is 0 Å². The monoisotopic (exact) mass is 410 g/mol. The van der Waals surface area contributed by atoms with Crippen molar-refractivity contribution in [2.24, 2.45) is 5.10 Å². The number of amides is 1. The standard InChI is InChI=1S/C18H17BrF2N2O2/c1-18(2,3)25-17(24)23-22-16(11-4-7-13(20)8-5-11)14-9-6-12(19)10-15(14)21/h4-10H,1-3H3,(H,23,24)/b22-16-. The second-order valence-electron chi connectivity index (χ2n) is 6.21. The van der Waals surface area contributed by atoms with Crippen molar-refractivity contribution in [1.82, 2.24) is 5.43 Å². The van der Waals surface area contributed by atoms with Crippen molar-refractivity contribution in [3.05, 3.63) is 69.7 Å². The van der Waals surface area contributed by atoms with Crippen LogP contribution in [0.15, 0.2) is 52.0 Å². The summed E-state index contributed by atoms with van der Waals surface area (Å²) in [4.78, 5) is 11.8. The summed E-state index contributed by atoms with van der Waals surface area (Å²) in [5, 5.41) is 3.98. The normalized spacial score (nSPS) is 12.0. The average molecular weight is 411 g/mol. The molecule has 4 nitrogen and oxygen atoms in total. The van der Waals surface area contributed by atoms with Crippen molar-refractivity contribution in [3.8, 4) is 0 Å². The molecule has 0 bridgehead atoms. The zero-order chi connectivity index (χ0) is 18.6. The zero-order valence-corrected chi connectivity index (χ0v) is 15.5. The number of hydrazone groups is 1. The Labute approximate surface area is 153 Å². The molecule has 0 saturated heterocycles. The molecule has 1 N–H and O–H groups in total. The van der Waals surface area contributed by atoms with E-state index in [9.17, 15) is 13.6 Å². The summed E-state index contributed by atoms with van der Waals surface area (Å²) in [6.07, 6.45) is -0.773. The van der Waals surface area contributed by atoms with Crippen molar-refractivity contribution in [2.75, 3.05) is 0 Å². The first-order valence-electron chi connectivity index (χ1n) is 7.44.